The first kappa shape index (κ1) is 22.2. The zero-order chi connectivity index (χ0) is 22.4. The molecular weight excluding hydrogens is 396 g/mol. The van der Waals surface area contributed by atoms with Crippen molar-refractivity contribution in [1.82, 2.24) is 4.90 Å². The molecule has 0 spiro atoms. The van der Waals surface area contributed by atoms with Gasteiger partial charge in [0.25, 0.3) is 0 Å². The number of rotatable bonds is 8. The maximum Gasteiger partial charge on any atom is 0.246 e. The van der Waals surface area contributed by atoms with E-state index in [1.54, 1.807) is 44.5 Å². The molecule has 1 aliphatic rings. The van der Waals surface area contributed by atoms with E-state index in [1.807, 2.05) is 26.0 Å². The van der Waals surface area contributed by atoms with Crippen molar-refractivity contribution in [1.29, 1.82) is 0 Å². The molecule has 7 nitrogen and oxygen atoms in total. The zero-order valence-corrected chi connectivity index (χ0v) is 18.3. The Morgan fingerprint density at radius 2 is 2.00 bits per heavy atom. The Kier molecular flexibility index (Phi) is 7.18. The van der Waals surface area contributed by atoms with Crippen LogP contribution in [0, 0.1) is 0 Å². The molecular formula is C24H28N2O5. The molecule has 1 heterocycles. The average Bonchev–Trinajstić information content (AvgIpc) is 3.11. The highest BCUT2D eigenvalue weighted by Crippen LogP contribution is 2.35. The van der Waals surface area contributed by atoms with Crippen molar-refractivity contribution >= 4 is 23.6 Å². The second kappa shape index (κ2) is 10.0. The van der Waals surface area contributed by atoms with Gasteiger partial charge in [-0.25, -0.2) is 0 Å². The summed E-state index contributed by atoms with van der Waals surface area (Å²) in [5, 5.41) is 2.76. The van der Waals surface area contributed by atoms with E-state index in [4.69, 9.17) is 14.2 Å². The highest BCUT2D eigenvalue weighted by atomic mass is 16.5. The van der Waals surface area contributed by atoms with Crippen molar-refractivity contribution in [3.63, 3.8) is 0 Å². The Morgan fingerprint density at radius 1 is 1.26 bits per heavy atom. The third kappa shape index (κ3) is 5.78. The number of carbonyl (C=O) groups excluding carboxylic acids is 2. The largest absolute Gasteiger partial charge is 0.497 e. The Labute approximate surface area is 182 Å². The van der Waals surface area contributed by atoms with Gasteiger partial charge in [0.05, 0.1) is 20.3 Å². The fourth-order valence-corrected chi connectivity index (χ4v) is 3.32. The number of nitrogens with zero attached hydrogens (tertiary/aromatic N) is 1. The van der Waals surface area contributed by atoms with Gasteiger partial charge in [-0.05, 0) is 56.3 Å². The van der Waals surface area contributed by atoms with Crippen LogP contribution < -0.4 is 19.5 Å². The molecule has 2 amide bonds. The summed E-state index contributed by atoms with van der Waals surface area (Å²) in [5.74, 6) is 1.65. The van der Waals surface area contributed by atoms with Crippen LogP contribution in [0.5, 0.6) is 17.2 Å². The van der Waals surface area contributed by atoms with E-state index >= 15 is 0 Å². The summed E-state index contributed by atoms with van der Waals surface area (Å²) in [6.07, 6.45) is 4.09. The molecule has 0 saturated carbocycles. The molecule has 0 aliphatic carbocycles. The minimum Gasteiger partial charge on any atom is -0.497 e. The lowest BCUT2D eigenvalue weighted by Crippen LogP contribution is -2.33. The molecule has 0 unspecified atom stereocenters. The van der Waals surface area contributed by atoms with E-state index in [1.165, 1.54) is 11.0 Å². The maximum absolute atomic E-state index is 12.5. The lowest BCUT2D eigenvalue weighted by atomic mass is 10.1. The van der Waals surface area contributed by atoms with Crippen molar-refractivity contribution in [3.05, 3.63) is 53.6 Å². The molecule has 0 radical (unpaired) electrons. The van der Waals surface area contributed by atoms with Gasteiger partial charge in [-0.3, -0.25) is 9.59 Å². The fraction of sp³-hybridized carbons (Fsp3) is 0.333. The first-order chi connectivity index (χ1) is 14.9. The number of anilines is 1. The summed E-state index contributed by atoms with van der Waals surface area (Å²) < 4.78 is 16.6. The number of ether oxygens (including phenoxy) is 3. The number of likely N-dealkylation sites (N-methyl/N-ethyl adjacent to an activating group) is 1. The molecule has 2 aromatic rings. The summed E-state index contributed by atoms with van der Waals surface area (Å²) in [6.45, 7) is 4.39. The molecule has 0 fully saturated rings. The molecule has 31 heavy (non-hydrogen) atoms. The quantitative estimate of drug-likeness (QED) is 0.656. The monoisotopic (exact) mass is 424 g/mol. The van der Waals surface area contributed by atoms with Crippen LogP contribution in [0.1, 0.15) is 25.0 Å². The summed E-state index contributed by atoms with van der Waals surface area (Å²) in [7, 11) is 3.16. The van der Waals surface area contributed by atoms with Gasteiger partial charge in [-0.1, -0.05) is 0 Å². The van der Waals surface area contributed by atoms with Crippen LogP contribution in [-0.4, -0.2) is 50.1 Å². The second-order valence-electron chi connectivity index (χ2n) is 7.37. The summed E-state index contributed by atoms with van der Waals surface area (Å²) in [5.41, 5.74) is 2.50. The molecule has 0 aromatic heterocycles. The van der Waals surface area contributed by atoms with Crippen LogP contribution in [-0.2, 0) is 16.0 Å². The Balaban J connectivity index is 1.62. The van der Waals surface area contributed by atoms with Crippen LogP contribution >= 0.6 is 0 Å². The van der Waals surface area contributed by atoms with Crippen molar-refractivity contribution in [2.75, 3.05) is 32.6 Å². The molecule has 1 atom stereocenters. The number of fused-ring (bicyclic) bond motifs is 1. The first-order valence-corrected chi connectivity index (χ1v) is 10.2. The van der Waals surface area contributed by atoms with Crippen LogP contribution in [0.2, 0.25) is 0 Å². The standard InChI is InChI=1S/C24H28N2O5/c1-5-30-21-14-18-12-16(2)31-22(18)13-17(21)6-11-24(28)26(3)15-23(27)25-19-7-9-20(29-4)10-8-19/h6-11,13-14,16H,5,12,15H2,1-4H3,(H,25,27)/b11-6+/t16-/m1/s1. The third-order valence-corrected chi connectivity index (χ3v) is 4.86. The lowest BCUT2D eigenvalue weighted by Gasteiger charge is -2.15. The normalized spacial score (nSPS) is 14.6. The minimum atomic E-state index is -0.290. The molecule has 3 rings (SSSR count). The molecule has 1 N–H and O–H groups in total. The molecule has 164 valence electrons. The zero-order valence-electron chi connectivity index (χ0n) is 18.3. The average molecular weight is 424 g/mol. The van der Waals surface area contributed by atoms with Crippen molar-refractivity contribution < 1.29 is 23.8 Å². The highest BCUT2D eigenvalue weighted by Gasteiger charge is 2.21. The van der Waals surface area contributed by atoms with Gasteiger partial charge in [-0.2, -0.15) is 0 Å². The topological polar surface area (TPSA) is 77.1 Å². The van der Waals surface area contributed by atoms with Gasteiger partial charge in [-0.15, -0.1) is 0 Å². The predicted molar refractivity (Wildman–Crippen MR) is 120 cm³/mol. The van der Waals surface area contributed by atoms with E-state index in [0.29, 0.717) is 23.8 Å². The molecule has 7 heteroatoms. The van der Waals surface area contributed by atoms with Crippen molar-refractivity contribution in [2.45, 2.75) is 26.4 Å². The smallest absolute Gasteiger partial charge is 0.246 e. The summed E-state index contributed by atoms with van der Waals surface area (Å²) in [4.78, 5) is 26.1. The van der Waals surface area contributed by atoms with Gasteiger partial charge in [0.2, 0.25) is 11.8 Å². The second-order valence-corrected chi connectivity index (χ2v) is 7.37. The van der Waals surface area contributed by atoms with Crippen LogP contribution in [0.3, 0.4) is 0 Å². The minimum absolute atomic E-state index is 0.0711. The van der Waals surface area contributed by atoms with E-state index in [9.17, 15) is 9.59 Å². The van der Waals surface area contributed by atoms with E-state index in [0.717, 1.165) is 23.3 Å². The van der Waals surface area contributed by atoms with E-state index in [-0.39, 0.29) is 24.5 Å². The van der Waals surface area contributed by atoms with Crippen molar-refractivity contribution in [3.8, 4) is 17.2 Å². The van der Waals surface area contributed by atoms with E-state index < -0.39 is 0 Å². The van der Waals surface area contributed by atoms with Gasteiger partial charge in [0.15, 0.2) is 0 Å². The molecule has 0 bridgehead atoms. The molecule has 1 aliphatic heterocycles. The van der Waals surface area contributed by atoms with Gasteiger partial charge < -0.3 is 24.4 Å². The highest BCUT2D eigenvalue weighted by molar-refractivity contribution is 5.98. The Morgan fingerprint density at radius 3 is 2.68 bits per heavy atom. The summed E-state index contributed by atoms with van der Waals surface area (Å²) >= 11 is 0. The molecule has 2 aromatic carbocycles. The first-order valence-electron chi connectivity index (χ1n) is 10.2. The van der Waals surface area contributed by atoms with Crippen molar-refractivity contribution in [2.24, 2.45) is 0 Å². The number of nitrogens with one attached hydrogen (secondary N) is 1. The Hall–Kier alpha value is -3.48. The van der Waals surface area contributed by atoms with Gasteiger partial charge in [0, 0.05) is 36.4 Å². The Bertz CT molecular complexity index is 969. The van der Waals surface area contributed by atoms with Gasteiger partial charge in [0.1, 0.15) is 23.4 Å². The number of amides is 2. The van der Waals surface area contributed by atoms with Crippen LogP contribution in [0.4, 0.5) is 5.69 Å². The van der Waals surface area contributed by atoms with Crippen LogP contribution in [0.15, 0.2) is 42.5 Å². The number of hydrogen-bond donors (Lipinski definition) is 1. The SMILES string of the molecule is CCOc1cc2c(cc1/C=C/C(=O)N(C)CC(=O)Nc1ccc(OC)cc1)O[C@H](C)C2. The fourth-order valence-electron chi connectivity index (χ4n) is 3.32. The molecule has 0 saturated heterocycles. The number of benzene rings is 2. The van der Waals surface area contributed by atoms with Crippen LogP contribution in [0.25, 0.3) is 6.08 Å². The summed E-state index contributed by atoms with van der Waals surface area (Å²) in [6, 6.07) is 10.9. The van der Waals surface area contributed by atoms with E-state index in [2.05, 4.69) is 5.32 Å². The number of carbonyl (C=O) groups is 2. The maximum atomic E-state index is 12.5. The predicted octanol–water partition coefficient (Wildman–Crippen LogP) is 3.53. The number of methoxy groups -OCH3 is 1. The number of hydrogen-bond acceptors (Lipinski definition) is 5. The third-order valence-electron chi connectivity index (χ3n) is 4.86. The lowest BCUT2D eigenvalue weighted by molar-refractivity contribution is -0.129. The van der Waals surface area contributed by atoms with Gasteiger partial charge >= 0.3 is 0 Å².